The third-order valence-electron chi connectivity index (χ3n) is 7.55. The first-order valence-electron chi connectivity index (χ1n) is 13.8. The number of aryl methyl sites for hydroxylation is 2. The van der Waals surface area contributed by atoms with Crippen LogP contribution in [0.3, 0.4) is 0 Å². The quantitative estimate of drug-likeness (QED) is 0.324. The van der Waals surface area contributed by atoms with Crippen LogP contribution >= 0.6 is 0 Å². The Balaban J connectivity index is 1.43. The molecule has 3 amide bonds. The normalized spacial score (nSPS) is 16.2. The van der Waals surface area contributed by atoms with Gasteiger partial charge in [-0.2, -0.15) is 0 Å². The molecule has 1 unspecified atom stereocenters. The van der Waals surface area contributed by atoms with E-state index < -0.39 is 23.9 Å². The van der Waals surface area contributed by atoms with Crippen LogP contribution in [-0.2, 0) is 24.2 Å². The van der Waals surface area contributed by atoms with Gasteiger partial charge in [0, 0.05) is 23.0 Å². The van der Waals surface area contributed by atoms with Gasteiger partial charge in [-0.3, -0.25) is 9.78 Å². The van der Waals surface area contributed by atoms with Gasteiger partial charge in [0.15, 0.2) is 0 Å². The summed E-state index contributed by atoms with van der Waals surface area (Å²) >= 11 is 0. The molecule has 6 rings (SSSR count). The third-order valence-corrected chi connectivity index (χ3v) is 7.55. The number of amides is 3. The predicted molar refractivity (Wildman–Crippen MR) is 158 cm³/mol. The summed E-state index contributed by atoms with van der Waals surface area (Å²) in [6.07, 6.45) is 4.57. The highest BCUT2D eigenvalue weighted by atomic mass is 19.1. The van der Waals surface area contributed by atoms with E-state index in [2.05, 4.69) is 21.7 Å². The summed E-state index contributed by atoms with van der Waals surface area (Å²) in [5, 5.41) is 5.52. The molecule has 2 aliphatic rings. The molecule has 0 saturated heterocycles. The summed E-state index contributed by atoms with van der Waals surface area (Å²) in [5.74, 6) is -0.901. The molecular formula is C33H30FN5O2. The van der Waals surface area contributed by atoms with Gasteiger partial charge >= 0.3 is 6.03 Å². The predicted octanol–water partition coefficient (Wildman–Crippen LogP) is 5.94. The fourth-order valence-electron chi connectivity index (χ4n) is 5.59. The van der Waals surface area contributed by atoms with Gasteiger partial charge in [-0.1, -0.05) is 42.5 Å². The van der Waals surface area contributed by atoms with Crippen molar-refractivity contribution in [2.45, 2.75) is 45.3 Å². The average Bonchev–Trinajstić information content (AvgIpc) is 3.08. The number of benzene rings is 3. The zero-order chi connectivity index (χ0) is 28.3. The number of hydrogen-bond acceptors (Lipinski definition) is 4. The Bertz CT molecular complexity index is 1670. The van der Waals surface area contributed by atoms with Crippen molar-refractivity contribution in [3.63, 3.8) is 0 Å². The number of hydrogen-bond donors (Lipinski definition) is 2. The number of fused-ring (bicyclic) bond motifs is 2. The molecule has 7 nitrogen and oxygen atoms in total. The molecular weight excluding hydrogens is 517 g/mol. The molecule has 3 aromatic carbocycles. The number of urea groups is 1. The van der Waals surface area contributed by atoms with E-state index in [9.17, 15) is 9.59 Å². The molecule has 0 fully saturated rings. The van der Waals surface area contributed by atoms with E-state index in [1.807, 2.05) is 49.4 Å². The lowest BCUT2D eigenvalue weighted by Gasteiger charge is -2.27. The number of nitrogens with zero attached hydrogens (tertiary/aromatic N) is 3. The van der Waals surface area contributed by atoms with E-state index in [0.29, 0.717) is 22.6 Å². The third kappa shape index (κ3) is 5.45. The van der Waals surface area contributed by atoms with Crippen LogP contribution in [0.1, 0.15) is 46.4 Å². The number of aliphatic imine (C=N–C) groups is 1. The molecule has 0 radical (unpaired) electrons. The number of rotatable bonds is 5. The van der Waals surface area contributed by atoms with Crippen LogP contribution in [0.15, 0.2) is 90.1 Å². The van der Waals surface area contributed by atoms with Gasteiger partial charge in [-0.15, -0.1) is 0 Å². The molecule has 41 heavy (non-hydrogen) atoms. The molecule has 2 N–H and O–H groups in total. The standard InChI is InChI=1S/C33H30FN5O2/c1-21-9-8-11-23(19-21)36-33(41)38-31-32(40)39(20-28-24-12-3-2-10-22(24)17-18-35-28)29-16-7-5-14-26(29)30(37-31)25-13-4-6-15-27(25)34/h4-9,11,13-19,31H,2-3,10,12,20H2,1H3,(H2,36,38,41). The number of nitrogens with one attached hydrogen (secondary N) is 2. The van der Waals surface area contributed by atoms with Crippen molar-refractivity contribution in [1.29, 1.82) is 0 Å². The molecule has 1 aliphatic carbocycles. The molecule has 4 aromatic rings. The monoisotopic (exact) mass is 547 g/mol. The zero-order valence-electron chi connectivity index (χ0n) is 22.7. The molecule has 1 aromatic heterocycles. The first-order valence-corrected chi connectivity index (χ1v) is 13.8. The minimum atomic E-state index is -1.30. The second-order valence-electron chi connectivity index (χ2n) is 10.4. The lowest BCUT2D eigenvalue weighted by molar-refractivity contribution is -0.120. The van der Waals surface area contributed by atoms with Crippen LogP contribution in [-0.4, -0.2) is 28.8 Å². The number of halogens is 1. The highest BCUT2D eigenvalue weighted by Gasteiger charge is 2.34. The number of aromatic nitrogens is 1. The van der Waals surface area contributed by atoms with Crippen molar-refractivity contribution in [2.75, 3.05) is 10.2 Å². The largest absolute Gasteiger partial charge is 0.321 e. The molecule has 2 heterocycles. The molecule has 0 bridgehead atoms. The van der Waals surface area contributed by atoms with Gasteiger partial charge in [0.1, 0.15) is 5.82 Å². The lowest BCUT2D eigenvalue weighted by Crippen LogP contribution is -2.48. The summed E-state index contributed by atoms with van der Waals surface area (Å²) in [6.45, 7) is 2.13. The van der Waals surface area contributed by atoms with E-state index in [0.717, 1.165) is 36.9 Å². The summed E-state index contributed by atoms with van der Waals surface area (Å²) in [5.41, 5.74) is 6.53. The number of pyridine rings is 1. The van der Waals surface area contributed by atoms with Crippen molar-refractivity contribution in [2.24, 2.45) is 4.99 Å². The maximum atomic E-state index is 15.2. The minimum Gasteiger partial charge on any atom is -0.308 e. The van der Waals surface area contributed by atoms with E-state index in [-0.39, 0.29) is 12.1 Å². The number of benzodiazepines with no additional fused rings is 1. The Morgan fingerprint density at radius 1 is 0.976 bits per heavy atom. The number of carbonyl (C=O) groups excluding carboxylic acids is 2. The summed E-state index contributed by atoms with van der Waals surface area (Å²) in [6, 6.07) is 22.5. The molecule has 0 spiro atoms. The van der Waals surface area contributed by atoms with Crippen LogP contribution in [0.5, 0.6) is 0 Å². The van der Waals surface area contributed by atoms with Crippen molar-refractivity contribution in [1.82, 2.24) is 10.3 Å². The molecule has 8 heteroatoms. The van der Waals surface area contributed by atoms with Gasteiger partial charge in [0.25, 0.3) is 5.91 Å². The SMILES string of the molecule is Cc1cccc(NC(=O)NC2N=C(c3ccccc3F)c3ccccc3N(Cc3nccc4c3CCCC4)C2=O)c1. The summed E-state index contributed by atoms with van der Waals surface area (Å²) < 4.78 is 15.2. The summed E-state index contributed by atoms with van der Waals surface area (Å²) in [4.78, 5) is 38.4. The topological polar surface area (TPSA) is 86.7 Å². The fourth-order valence-corrected chi connectivity index (χ4v) is 5.59. The maximum absolute atomic E-state index is 15.2. The molecule has 0 saturated carbocycles. The average molecular weight is 548 g/mol. The van der Waals surface area contributed by atoms with E-state index >= 15 is 4.39 Å². The smallest absolute Gasteiger partial charge is 0.308 e. The molecule has 1 atom stereocenters. The van der Waals surface area contributed by atoms with Crippen LogP contribution in [0.2, 0.25) is 0 Å². The Morgan fingerprint density at radius 2 is 1.76 bits per heavy atom. The van der Waals surface area contributed by atoms with Crippen LogP contribution in [0, 0.1) is 12.7 Å². The van der Waals surface area contributed by atoms with Crippen LogP contribution in [0.25, 0.3) is 0 Å². The van der Waals surface area contributed by atoms with Crippen molar-refractivity contribution in [3.05, 3.63) is 124 Å². The minimum absolute atomic E-state index is 0.205. The highest BCUT2D eigenvalue weighted by Crippen LogP contribution is 2.32. The van der Waals surface area contributed by atoms with Crippen LogP contribution < -0.4 is 15.5 Å². The zero-order valence-corrected chi connectivity index (χ0v) is 22.7. The Morgan fingerprint density at radius 3 is 2.59 bits per heavy atom. The number of para-hydroxylation sites is 1. The first-order chi connectivity index (χ1) is 20.0. The number of carbonyl (C=O) groups is 2. The summed E-state index contributed by atoms with van der Waals surface area (Å²) in [7, 11) is 0. The second kappa shape index (κ2) is 11.3. The fraction of sp³-hybridized carbons (Fsp3) is 0.212. The van der Waals surface area contributed by atoms with Gasteiger partial charge < -0.3 is 15.5 Å². The van der Waals surface area contributed by atoms with Gasteiger partial charge in [-0.25, -0.2) is 14.2 Å². The molecule has 1 aliphatic heterocycles. The van der Waals surface area contributed by atoms with Crippen molar-refractivity contribution < 1.29 is 14.0 Å². The molecule has 206 valence electrons. The Hall–Kier alpha value is -4.85. The van der Waals surface area contributed by atoms with Gasteiger partial charge in [0.05, 0.1) is 23.6 Å². The van der Waals surface area contributed by atoms with Gasteiger partial charge in [-0.05, 0) is 85.7 Å². The maximum Gasteiger partial charge on any atom is 0.321 e. The lowest BCUT2D eigenvalue weighted by atomic mass is 9.91. The van der Waals surface area contributed by atoms with E-state index in [1.165, 1.54) is 17.2 Å². The van der Waals surface area contributed by atoms with Crippen molar-refractivity contribution >= 4 is 29.0 Å². The Kier molecular flexibility index (Phi) is 7.29. The second-order valence-corrected chi connectivity index (χ2v) is 10.4. The van der Waals surface area contributed by atoms with Gasteiger partial charge in [0.2, 0.25) is 6.17 Å². The number of anilines is 2. The van der Waals surface area contributed by atoms with Crippen molar-refractivity contribution in [3.8, 4) is 0 Å². The van der Waals surface area contributed by atoms with E-state index in [4.69, 9.17) is 4.99 Å². The van der Waals surface area contributed by atoms with E-state index in [1.54, 1.807) is 35.4 Å². The highest BCUT2D eigenvalue weighted by molar-refractivity contribution is 6.20. The first kappa shape index (κ1) is 26.4. The van der Waals surface area contributed by atoms with Crippen LogP contribution in [0.4, 0.5) is 20.6 Å². The Labute approximate surface area is 238 Å².